The van der Waals surface area contributed by atoms with Gasteiger partial charge < -0.3 is 5.73 Å². The maximum Gasteiger partial charge on any atom is 0.203 e. The third-order valence-corrected chi connectivity index (χ3v) is 2.20. The normalized spacial score (nSPS) is 15.2. The third kappa shape index (κ3) is 1.48. The third-order valence-electron chi connectivity index (χ3n) is 2.20. The van der Waals surface area contributed by atoms with E-state index in [1.807, 2.05) is 12.1 Å². The Balaban J connectivity index is 2.24. The van der Waals surface area contributed by atoms with Gasteiger partial charge in [-0.15, -0.1) is 0 Å². The fourth-order valence-electron chi connectivity index (χ4n) is 1.46. The Morgan fingerprint density at radius 3 is 2.77 bits per heavy atom. The fourth-order valence-corrected chi connectivity index (χ4v) is 1.46. The van der Waals surface area contributed by atoms with Gasteiger partial charge in [0.25, 0.3) is 0 Å². The summed E-state index contributed by atoms with van der Waals surface area (Å²) in [4.78, 5) is 0. The summed E-state index contributed by atoms with van der Waals surface area (Å²) in [7, 11) is 0. The van der Waals surface area contributed by atoms with Gasteiger partial charge in [-0.25, -0.2) is 5.43 Å². The van der Waals surface area contributed by atoms with Gasteiger partial charge in [0.05, 0.1) is 6.54 Å². The van der Waals surface area contributed by atoms with Gasteiger partial charge in [0.2, 0.25) is 5.96 Å². The number of guanidine groups is 1. The minimum atomic E-state index is 0.0644. The zero-order valence-corrected chi connectivity index (χ0v) is 7.25. The van der Waals surface area contributed by atoms with Crippen LogP contribution in [0.3, 0.4) is 0 Å². The van der Waals surface area contributed by atoms with Gasteiger partial charge in [-0.3, -0.25) is 10.4 Å². The Bertz CT molecular complexity index is 334. The van der Waals surface area contributed by atoms with Gasteiger partial charge in [0.1, 0.15) is 0 Å². The fraction of sp³-hybridized carbons (Fsp3) is 0.222. The number of hydrogen-bond donors (Lipinski definition) is 3. The monoisotopic (exact) mass is 176 g/mol. The van der Waals surface area contributed by atoms with Crippen molar-refractivity contribution >= 4 is 5.96 Å². The Kier molecular flexibility index (Phi) is 1.90. The summed E-state index contributed by atoms with van der Waals surface area (Å²) in [6.07, 6.45) is 0. The molecule has 1 aromatic carbocycles. The van der Waals surface area contributed by atoms with Crippen LogP contribution < -0.4 is 11.2 Å². The molecule has 13 heavy (non-hydrogen) atoms. The lowest BCUT2D eigenvalue weighted by Gasteiger charge is -2.29. The van der Waals surface area contributed by atoms with Gasteiger partial charge in [-0.2, -0.15) is 0 Å². The summed E-state index contributed by atoms with van der Waals surface area (Å²) in [5.74, 6) is 0.0644. The van der Waals surface area contributed by atoms with E-state index in [2.05, 4.69) is 17.6 Å². The second-order valence-corrected chi connectivity index (χ2v) is 3.07. The molecule has 0 atom stereocenters. The second-order valence-electron chi connectivity index (χ2n) is 3.07. The standard InChI is InChI=1S/C9H12N4/c10-9(11)13-6-8-4-2-1-3-7(8)5-12-13/h1-4,12H,5-6H2,(H3,10,11). The Morgan fingerprint density at radius 1 is 1.38 bits per heavy atom. The van der Waals surface area contributed by atoms with Crippen molar-refractivity contribution in [3.8, 4) is 0 Å². The van der Waals surface area contributed by atoms with E-state index in [0.29, 0.717) is 6.54 Å². The number of nitrogens with zero attached hydrogens (tertiary/aromatic N) is 1. The summed E-state index contributed by atoms with van der Waals surface area (Å²) in [6.45, 7) is 1.42. The first-order chi connectivity index (χ1) is 6.27. The highest BCUT2D eigenvalue weighted by Gasteiger charge is 2.15. The van der Waals surface area contributed by atoms with Gasteiger partial charge in [-0.1, -0.05) is 24.3 Å². The van der Waals surface area contributed by atoms with E-state index in [4.69, 9.17) is 11.1 Å². The average molecular weight is 176 g/mol. The van der Waals surface area contributed by atoms with E-state index in [0.717, 1.165) is 6.54 Å². The first-order valence-electron chi connectivity index (χ1n) is 4.19. The molecule has 1 aliphatic heterocycles. The summed E-state index contributed by atoms with van der Waals surface area (Å²) in [5.41, 5.74) is 10.9. The number of nitrogens with one attached hydrogen (secondary N) is 2. The van der Waals surface area contributed by atoms with E-state index in [1.165, 1.54) is 11.1 Å². The lowest BCUT2D eigenvalue weighted by molar-refractivity contribution is 0.270. The van der Waals surface area contributed by atoms with Crippen LogP contribution in [0.2, 0.25) is 0 Å². The van der Waals surface area contributed by atoms with Crippen LogP contribution in [0, 0.1) is 5.41 Å². The Labute approximate surface area is 76.8 Å². The highest BCUT2D eigenvalue weighted by molar-refractivity contribution is 5.74. The van der Waals surface area contributed by atoms with Crippen molar-refractivity contribution in [1.82, 2.24) is 10.4 Å². The van der Waals surface area contributed by atoms with E-state index < -0.39 is 0 Å². The maximum absolute atomic E-state index is 7.27. The molecule has 4 N–H and O–H groups in total. The minimum Gasteiger partial charge on any atom is -0.369 e. The van der Waals surface area contributed by atoms with Crippen molar-refractivity contribution < 1.29 is 0 Å². The molecule has 68 valence electrons. The molecule has 2 rings (SSSR count). The number of benzene rings is 1. The summed E-state index contributed by atoms with van der Waals surface area (Å²) >= 11 is 0. The number of nitrogens with two attached hydrogens (primary N) is 1. The average Bonchev–Trinajstić information content (AvgIpc) is 2.17. The van der Waals surface area contributed by atoms with Crippen molar-refractivity contribution in [2.45, 2.75) is 13.1 Å². The Morgan fingerprint density at radius 2 is 2.08 bits per heavy atom. The van der Waals surface area contributed by atoms with Gasteiger partial charge >= 0.3 is 0 Å². The molecule has 0 bridgehead atoms. The molecule has 0 amide bonds. The van der Waals surface area contributed by atoms with E-state index >= 15 is 0 Å². The number of hydrogen-bond acceptors (Lipinski definition) is 2. The van der Waals surface area contributed by atoms with Crippen LogP contribution in [-0.4, -0.2) is 11.0 Å². The van der Waals surface area contributed by atoms with Crippen LogP contribution >= 0.6 is 0 Å². The van der Waals surface area contributed by atoms with Crippen molar-refractivity contribution in [2.75, 3.05) is 0 Å². The van der Waals surface area contributed by atoms with Crippen LogP contribution in [0.15, 0.2) is 24.3 Å². The largest absolute Gasteiger partial charge is 0.369 e. The molecular weight excluding hydrogens is 164 g/mol. The minimum absolute atomic E-state index is 0.0644. The molecule has 0 unspecified atom stereocenters. The SMILES string of the molecule is N=C(N)N1Cc2ccccc2CN1. The predicted octanol–water partition coefficient (Wildman–Crippen LogP) is 0.400. The molecule has 0 radical (unpaired) electrons. The van der Waals surface area contributed by atoms with Crippen molar-refractivity contribution in [2.24, 2.45) is 5.73 Å². The summed E-state index contributed by atoms with van der Waals surface area (Å²) in [5, 5.41) is 8.91. The quantitative estimate of drug-likeness (QED) is 0.396. The summed E-state index contributed by atoms with van der Waals surface area (Å²) < 4.78 is 0. The molecule has 1 aromatic rings. The first kappa shape index (κ1) is 8.07. The van der Waals surface area contributed by atoms with Gasteiger partial charge in [0, 0.05) is 6.54 Å². The molecule has 0 aromatic heterocycles. The van der Waals surface area contributed by atoms with Crippen LogP contribution in [-0.2, 0) is 13.1 Å². The zero-order valence-electron chi connectivity index (χ0n) is 7.25. The molecular formula is C9H12N4. The van der Waals surface area contributed by atoms with Crippen molar-refractivity contribution in [1.29, 1.82) is 5.41 Å². The van der Waals surface area contributed by atoms with Crippen LogP contribution in [0.25, 0.3) is 0 Å². The van der Waals surface area contributed by atoms with Gasteiger partial charge in [-0.05, 0) is 11.1 Å². The highest BCUT2D eigenvalue weighted by Crippen LogP contribution is 2.14. The number of fused-ring (bicyclic) bond motifs is 1. The van der Waals surface area contributed by atoms with Crippen molar-refractivity contribution in [3.05, 3.63) is 35.4 Å². The molecule has 0 aliphatic carbocycles. The Hall–Kier alpha value is -1.55. The lowest BCUT2D eigenvalue weighted by atomic mass is 10.1. The lowest BCUT2D eigenvalue weighted by Crippen LogP contribution is -2.48. The van der Waals surface area contributed by atoms with Crippen LogP contribution in [0.1, 0.15) is 11.1 Å². The summed E-state index contributed by atoms with van der Waals surface area (Å²) in [6, 6.07) is 8.17. The number of rotatable bonds is 0. The molecule has 0 saturated carbocycles. The molecule has 4 heteroatoms. The number of hydrazine groups is 1. The van der Waals surface area contributed by atoms with Crippen LogP contribution in [0.4, 0.5) is 0 Å². The molecule has 1 aliphatic rings. The second kappa shape index (κ2) is 3.06. The van der Waals surface area contributed by atoms with E-state index in [-0.39, 0.29) is 5.96 Å². The molecule has 0 saturated heterocycles. The first-order valence-corrected chi connectivity index (χ1v) is 4.19. The molecule has 1 heterocycles. The maximum atomic E-state index is 7.27. The zero-order chi connectivity index (χ0) is 9.26. The topological polar surface area (TPSA) is 65.1 Å². The van der Waals surface area contributed by atoms with Gasteiger partial charge in [0.15, 0.2) is 0 Å². The smallest absolute Gasteiger partial charge is 0.203 e. The highest BCUT2D eigenvalue weighted by atomic mass is 15.5. The van der Waals surface area contributed by atoms with E-state index in [1.54, 1.807) is 5.01 Å². The molecule has 0 spiro atoms. The molecule has 4 nitrogen and oxygen atoms in total. The molecule has 0 fully saturated rings. The predicted molar refractivity (Wildman–Crippen MR) is 50.7 cm³/mol. The van der Waals surface area contributed by atoms with Crippen molar-refractivity contribution in [3.63, 3.8) is 0 Å². The van der Waals surface area contributed by atoms with Crippen LogP contribution in [0.5, 0.6) is 0 Å². The van der Waals surface area contributed by atoms with E-state index in [9.17, 15) is 0 Å².